The molecule has 230 valence electrons. The largest absolute Gasteiger partial charge is 0.465 e. The number of hydrogen-bond donors (Lipinski definition) is 1. The van der Waals surface area contributed by atoms with Gasteiger partial charge in [-0.25, -0.2) is 4.79 Å². The zero-order valence-corrected chi connectivity index (χ0v) is 25.1. The molecular formula is C34H41NO8. The quantitative estimate of drug-likeness (QED) is 0.0436. The van der Waals surface area contributed by atoms with Crippen molar-refractivity contribution in [1.82, 2.24) is 0 Å². The van der Waals surface area contributed by atoms with E-state index in [2.05, 4.69) is 11.2 Å². The molecule has 0 saturated carbocycles. The lowest BCUT2D eigenvalue weighted by Gasteiger charge is -2.27. The van der Waals surface area contributed by atoms with Crippen LogP contribution in [0.25, 0.3) is 21.5 Å². The van der Waals surface area contributed by atoms with Crippen LogP contribution in [0.2, 0.25) is 0 Å². The highest BCUT2D eigenvalue weighted by Crippen LogP contribution is 2.33. The fourth-order valence-corrected chi connectivity index (χ4v) is 5.14. The highest BCUT2D eigenvalue weighted by atomic mass is 16.7. The molecule has 9 nitrogen and oxygen atoms in total. The van der Waals surface area contributed by atoms with Gasteiger partial charge in [-0.1, -0.05) is 60.6 Å². The predicted molar refractivity (Wildman–Crippen MR) is 163 cm³/mol. The van der Waals surface area contributed by atoms with E-state index in [-0.39, 0.29) is 38.8 Å². The summed E-state index contributed by atoms with van der Waals surface area (Å²) in [5.41, 5.74) is -0.277. The molecule has 0 radical (unpaired) electrons. The van der Waals surface area contributed by atoms with Gasteiger partial charge in [0.05, 0.1) is 36.7 Å². The van der Waals surface area contributed by atoms with Gasteiger partial charge in [-0.05, 0) is 73.6 Å². The van der Waals surface area contributed by atoms with Crippen molar-refractivity contribution in [3.63, 3.8) is 0 Å². The highest BCUT2D eigenvalue weighted by molar-refractivity contribution is 6.13. The summed E-state index contributed by atoms with van der Waals surface area (Å²) in [5, 5.41) is 17.2. The van der Waals surface area contributed by atoms with Crippen molar-refractivity contribution in [2.45, 2.75) is 59.0 Å². The molecule has 3 atom stereocenters. The van der Waals surface area contributed by atoms with Gasteiger partial charge in [0.15, 0.2) is 0 Å². The van der Waals surface area contributed by atoms with Gasteiger partial charge >= 0.3 is 17.9 Å². The van der Waals surface area contributed by atoms with Crippen LogP contribution in [-0.2, 0) is 33.4 Å². The van der Waals surface area contributed by atoms with E-state index in [1.165, 1.54) is 0 Å². The van der Waals surface area contributed by atoms with Gasteiger partial charge in [-0.2, -0.15) is 0 Å². The molecule has 1 saturated heterocycles. The first kappa shape index (κ1) is 32.1. The minimum Gasteiger partial charge on any atom is -0.465 e. The smallest absolute Gasteiger partial charge is 0.340 e. The van der Waals surface area contributed by atoms with Gasteiger partial charge in [0.25, 0.3) is 0 Å². The van der Waals surface area contributed by atoms with Gasteiger partial charge in [-0.15, -0.1) is 0 Å². The van der Waals surface area contributed by atoms with Crippen LogP contribution in [0.1, 0.15) is 58.4 Å². The SMILES string of the molecule is CCC(CC(CC(C)(C)C(=O)ON=Cc1c2ccccc2cc2ccccc12)C(=O)OCCCCO)C(=O)OCC1CO1. The molecule has 1 aliphatic heterocycles. The second kappa shape index (κ2) is 15.1. The third-order valence-electron chi connectivity index (χ3n) is 7.78. The number of carbonyl (C=O) groups excluding carboxylic acids is 3. The van der Waals surface area contributed by atoms with Gasteiger partial charge in [-0.3, -0.25) is 9.59 Å². The topological polar surface area (TPSA) is 124 Å². The van der Waals surface area contributed by atoms with E-state index in [9.17, 15) is 14.4 Å². The Morgan fingerprint density at radius 3 is 2.23 bits per heavy atom. The summed E-state index contributed by atoms with van der Waals surface area (Å²) in [5.74, 6) is -2.80. The van der Waals surface area contributed by atoms with Crippen molar-refractivity contribution in [3.05, 3.63) is 60.2 Å². The fraction of sp³-hybridized carbons (Fsp3) is 0.471. The number of rotatable bonds is 16. The minimum atomic E-state index is -1.11. The Bertz CT molecular complexity index is 1390. The summed E-state index contributed by atoms with van der Waals surface area (Å²) >= 11 is 0. The van der Waals surface area contributed by atoms with Crippen LogP contribution in [0.4, 0.5) is 0 Å². The number of esters is 2. The normalized spacial score (nSPS) is 16.2. The Balaban J connectivity index is 1.47. The highest BCUT2D eigenvalue weighted by Gasteiger charge is 2.39. The van der Waals surface area contributed by atoms with Gasteiger partial charge in [0.2, 0.25) is 0 Å². The van der Waals surface area contributed by atoms with Crippen LogP contribution in [0, 0.1) is 17.3 Å². The number of oxime groups is 1. The molecule has 1 N–H and O–H groups in total. The molecule has 4 rings (SSSR count). The van der Waals surface area contributed by atoms with E-state index in [0.717, 1.165) is 27.1 Å². The summed E-state index contributed by atoms with van der Waals surface area (Å²) in [6.07, 6.45) is 3.24. The zero-order valence-electron chi connectivity index (χ0n) is 25.1. The maximum atomic E-state index is 13.3. The second-order valence-corrected chi connectivity index (χ2v) is 11.7. The van der Waals surface area contributed by atoms with Crippen molar-refractivity contribution in [3.8, 4) is 0 Å². The second-order valence-electron chi connectivity index (χ2n) is 11.7. The summed E-state index contributed by atoms with van der Waals surface area (Å²) in [7, 11) is 0. The third-order valence-corrected chi connectivity index (χ3v) is 7.78. The molecule has 0 aliphatic carbocycles. The molecule has 0 aromatic heterocycles. The van der Waals surface area contributed by atoms with Crippen molar-refractivity contribution in [2.75, 3.05) is 26.4 Å². The first-order valence-corrected chi connectivity index (χ1v) is 14.9. The van der Waals surface area contributed by atoms with Crippen LogP contribution in [-0.4, -0.2) is 61.8 Å². The summed E-state index contributed by atoms with van der Waals surface area (Å²) in [6.45, 7) is 6.14. The maximum Gasteiger partial charge on any atom is 0.340 e. The molecule has 1 fully saturated rings. The van der Waals surface area contributed by atoms with Crippen molar-refractivity contribution in [1.29, 1.82) is 0 Å². The van der Waals surface area contributed by atoms with Crippen LogP contribution in [0.5, 0.6) is 0 Å². The third kappa shape index (κ3) is 8.84. The van der Waals surface area contributed by atoms with E-state index >= 15 is 0 Å². The fourth-order valence-electron chi connectivity index (χ4n) is 5.14. The number of nitrogens with zero attached hydrogens (tertiary/aromatic N) is 1. The number of epoxide rings is 1. The van der Waals surface area contributed by atoms with E-state index in [1.54, 1.807) is 20.1 Å². The summed E-state index contributed by atoms with van der Waals surface area (Å²) in [6, 6.07) is 18.0. The van der Waals surface area contributed by atoms with E-state index in [0.29, 0.717) is 25.9 Å². The number of ether oxygens (including phenoxy) is 3. The van der Waals surface area contributed by atoms with Gasteiger partial charge in [0.1, 0.15) is 12.7 Å². The molecule has 43 heavy (non-hydrogen) atoms. The zero-order chi connectivity index (χ0) is 30.8. The number of benzene rings is 3. The van der Waals surface area contributed by atoms with Crippen LogP contribution >= 0.6 is 0 Å². The molecule has 0 bridgehead atoms. The number of fused-ring (bicyclic) bond motifs is 2. The van der Waals surface area contributed by atoms with Crippen molar-refractivity contribution in [2.24, 2.45) is 22.4 Å². The first-order valence-electron chi connectivity index (χ1n) is 14.9. The number of unbranched alkanes of at least 4 members (excludes halogenated alkanes) is 1. The van der Waals surface area contributed by atoms with E-state index in [4.69, 9.17) is 24.2 Å². The van der Waals surface area contributed by atoms with Crippen molar-refractivity contribution < 1.29 is 38.5 Å². The van der Waals surface area contributed by atoms with Gasteiger partial charge in [0, 0.05) is 12.2 Å². The summed E-state index contributed by atoms with van der Waals surface area (Å²) in [4.78, 5) is 44.6. The minimum absolute atomic E-state index is 0.00337. The standard InChI is InChI=1S/C34H41NO8/c1-4-23(31(37)42-22-27-21-41-27)17-26(32(38)40-16-10-9-15-36)19-34(2,3)33(39)43-35-20-30-28-13-7-5-11-24(28)18-25-12-6-8-14-29(25)30/h5-8,11-14,18,20,23,26-27,36H,4,9-10,15-17,19,21-22H2,1-3H3. The monoisotopic (exact) mass is 591 g/mol. The van der Waals surface area contributed by atoms with Gasteiger partial charge < -0.3 is 24.2 Å². The molecule has 3 aromatic carbocycles. The van der Waals surface area contributed by atoms with Crippen LogP contribution in [0.15, 0.2) is 59.8 Å². The molecule has 1 heterocycles. The molecule has 0 spiro atoms. The number of hydrogen-bond acceptors (Lipinski definition) is 9. The molecule has 9 heteroatoms. The predicted octanol–water partition coefficient (Wildman–Crippen LogP) is 5.58. The Kier molecular flexibility index (Phi) is 11.3. The number of aliphatic hydroxyl groups is 1. The molecular weight excluding hydrogens is 550 g/mol. The maximum absolute atomic E-state index is 13.3. The van der Waals surface area contributed by atoms with Crippen molar-refractivity contribution >= 4 is 45.7 Å². The lowest BCUT2D eigenvalue weighted by atomic mass is 9.79. The van der Waals surface area contributed by atoms with E-state index in [1.807, 2.05) is 55.5 Å². The molecule has 3 unspecified atom stereocenters. The Morgan fingerprint density at radius 2 is 1.63 bits per heavy atom. The number of aliphatic hydroxyl groups excluding tert-OH is 1. The van der Waals surface area contributed by atoms with Crippen LogP contribution in [0.3, 0.4) is 0 Å². The summed E-state index contributed by atoms with van der Waals surface area (Å²) < 4.78 is 16.0. The Morgan fingerprint density at radius 1 is 1.00 bits per heavy atom. The number of carbonyl (C=O) groups is 3. The molecule has 0 amide bonds. The Hall–Kier alpha value is -3.82. The van der Waals surface area contributed by atoms with E-state index < -0.39 is 35.2 Å². The lowest BCUT2D eigenvalue weighted by Crippen LogP contribution is -2.34. The average Bonchev–Trinajstić information content (AvgIpc) is 3.84. The lowest BCUT2D eigenvalue weighted by molar-refractivity contribution is -0.159. The first-order chi connectivity index (χ1) is 20.7. The van der Waals surface area contributed by atoms with Crippen LogP contribution < -0.4 is 0 Å². The molecule has 3 aromatic rings. The average molecular weight is 592 g/mol. The Labute approximate surface area is 252 Å². The molecule has 1 aliphatic rings.